The lowest BCUT2D eigenvalue weighted by molar-refractivity contribution is 0.434. The summed E-state index contributed by atoms with van der Waals surface area (Å²) in [5.41, 5.74) is 0.469. The van der Waals surface area contributed by atoms with Crippen LogP contribution < -0.4 is 5.32 Å². The van der Waals surface area contributed by atoms with Gasteiger partial charge in [0.2, 0.25) is 0 Å². The van der Waals surface area contributed by atoms with Crippen molar-refractivity contribution in [3.8, 4) is 0 Å². The molecule has 0 saturated heterocycles. The van der Waals surface area contributed by atoms with Crippen molar-refractivity contribution in [2.24, 2.45) is 0 Å². The fraction of sp³-hybridized carbons (Fsp3) is 0.538. The Kier molecular flexibility index (Phi) is 5.48. The van der Waals surface area contributed by atoms with E-state index in [1.165, 1.54) is 0 Å². The van der Waals surface area contributed by atoms with E-state index in [1.807, 2.05) is 13.8 Å². The third-order valence-corrected chi connectivity index (χ3v) is 2.63. The monoisotopic (exact) mass is 245 g/mol. The minimum absolute atomic E-state index is 0.121. The molecule has 0 saturated carbocycles. The Labute approximate surface area is 100 Å². The highest BCUT2D eigenvalue weighted by Gasteiger charge is 2.16. The largest absolute Gasteiger partial charge is 0.310 e. The molecule has 0 aromatic heterocycles. The van der Waals surface area contributed by atoms with Crippen LogP contribution in [0.3, 0.4) is 0 Å². The summed E-state index contributed by atoms with van der Waals surface area (Å²) in [5.74, 6) is -3.65. The molecule has 0 aliphatic heterocycles. The molecule has 96 valence electrons. The SMILES string of the molecule is CCCNC(CCC)c1cc(F)c(F)c(F)c1. The summed E-state index contributed by atoms with van der Waals surface area (Å²) >= 11 is 0. The highest BCUT2D eigenvalue weighted by atomic mass is 19.2. The fourth-order valence-electron chi connectivity index (χ4n) is 1.77. The molecule has 1 aromatic carbocycles. The van der Waals surface area contributed by atoms with Crippen LogP contribution in [-0.4, -0.2) is 6.54 Å². The summed E-state index contributed by atoms with van der Waals surface area (Å²) in [5, 5.41) is 3.20. The minimum Gasteiger partial charge on any atom is -0.310 e. The van der Waals surface area contributed by atoms with E-state index in [0.717, 1.165) is 37.9 Å². The van der Waals surface area contributed by atoms with Crippen LogP contribution in [0.25, 0.3) is 0 Å². The Balaban J connectivity index is 2.93. The number of hydrogen-bond donors (Lipinski definition) is 1. The predicted molar refractivity (Wildman–Crippen MR) is 62.3 cm³/mol. The summed E-state index contributed by atoms with van der Waals surface area (Å²) in [6, 6.07) is 2.02. The van der Waals surface area contributed by atoms with E-state index in [9.17, 15) is 13.2 Å². The molecule has 0 heterocycles. The Morgan fingerprint density at radius 2 is 1.65 bits per heavy atom. The van der Waals surface area contributed by atoms with Crippen molar-refractivity contribution in [1.29, 1.82) is 0 Å². The summed E-state index contributed by atoms with van der Waals surface area (Å²) in [4.78, 5) is 0. The first-order valence-corrected chi connectivity index (χ1v) is 5.98. The van der Waals surface area contributed by atoms with Gasteiger partial charge in [-0.25, -0.2) is 13.2 Å². The summed E-state index contributed by atoms with van der Waals surface area (Å²) in [6.07, 6.45) is 2.60. The summed E-state index contributed by atoms with van der Waals surface area (Å²) in [6.45, 7) is 4.78. The van der Waals surface area contributed by atoms with Crippen molar-refractivity contribution < 1.29 is 13.2 Å². The van der Waals surface area contributed by atoms with Crippen molar-refractivity contribution >= 4 is 0 Å². The Bertz CT molecular complexity index is 343. The molecule has 17 heavy (non-hydrogen) atoms. The third-order valence-electron chi connectivity index (χ3n) is 2.63. The van der Waals surface area contributed by atoms with Gasteiger partial charge in [0.1, 0.15) is 0 Å². The molecule has 4 heteroatoms. The molecule has 0 aliphatic rings. The number of rotatable bonds is 6. The van der Waals surface area contributed by atoms with Crippen molar-refractivity contribution in [3.63, 3.8) is 0 Å². The minimum atomic E-state index is -1.40. The quantitative estimate of drug-likeness (QED) is 0.748. The molecule has 1 unspecified atom stereocenters. The first-order chi connectivity index (χ1) is 8.10. The van der Waals surface area contributed by atoms with Gasteiger partial charge in [0.25, 0.3) is 0 Å². The second kappa shape index (κ2) is 6.64. The van der Waals surface area contributed by atoms with Gasteiger partial charge in [-0.2, -0.15) is 0 Å². The number of benzene rings is 1. The lowest BCUT2D eigenvalue weighted by Gasteiger charge is -2.18. The average Bonchev–Trinajstić information content (AvgIpc) is 2.31. The lowest BCUT2D eigenvalue weighted by atomic mass is 10.0. The van der Waals surface area contributed by atoms with Crippen molar-refractivity contribution in [3.05, 3.63) is 35.1 Å². The van der Waals surface area contributed by atoms with E-state index < -0.39 is 17.5 Å². The van der Waals surface area contributed by atoms with Gasteiger partial charge in [0, 0.05) is 6.04 Å². The lowest BCUT2D eigenvalue weighted by Crippen LogP contribution is -2.22. The van der Waals surface area contributed by atoms with Gasteiger partial charge in [0.15, 0.2) is 17.5 Å². The predicted octanol–water partition coefficient (Wildman–Crippen LogP) is 3.94. The highest BCUT2D eigenvalue weighted by Crippen LogP contribution is 2.22. The van der Waals surface area contributed by atoms with E-state index in [1.54, 1.807) is 0 Å². The number of hydrogen-bond acceptors (Lipinski definition) is 1. The molecular formula is C13H18F3N. The van der Waals surface area contributed by atoms with Crippen LogP contribution in [0.2, 0.25) is 0 Å². The topological polar surface area (TPSA) is 12.0 Å². The molecule has 1 nitrogen and oxygen atoms in total. The van der Waals surface area contributed by atoms with Crippen LogP contribution in [0.1, 0.15) is 44.7 Å². The molecule has 0 bridgehead atoms. The van der Waals surface area contributed by atoms with E-state index >= 15 is 0 Å². The van der Waals surface area contributed by atoms with Crippen molar-refractivity contribution in [2.75, 3.05) is 6.54 Å². The molecule has 0 fully saturated rings. The zero-order valence-corrected chi connectivity index (χ0v) is 10.2. The molecule has 1 atom stereocenters. The van der Waals surface area contributed by atoms with Gasteiger partial charge in [-0.3, -0.25) is 0 Å². The zero-order chi connectivity index (χ0) is 12.8. The molecule has 1 aromatic rings. The van der Waals surface area contributed by atoms with Crippen LogP contribution in [0.15, 0.2) is 12.1 Å². The van der Waals surface area contributed by atoms with Crippen LogP contribution >= 0.6 is 0 Å². The first-order valence-electron chi connectivity index (χ1n) is 5.98. The maximum absolute atomic E-state index is 13.1. The highest BCUT2D eigenvalue weighted by molar-refractivity contribution is 5.22. The molecule has 1 rings (SSSR count). The van der Waals surface area contributed by atoms with Gasteiger partial charge < -0.3 is 5.32 Å². The molecule has 0 spiro atoms. The number of nitrogens with one attached hydrogen (secondary N) is 1. The van der Waals surface area contributed by atoms with Gasteiger partial charge in [-0.1, -0.05) is 20.3 Å². The second-order valence-electron chi connectivity index (χ2n) is 4.09. The van der Waals surface area contributed by atoms with Gasteiger partial charge in [0.05, 0.1) is 0 Å². The van der Waals surface area contributed by atoms with Gasteiger partial charge in [-0.05, 0) is 37.1 Å². The van der Waals surface area contributed by atoms with Gasteiger partial charge in [-0.15, -0.1) is 0 Å². The number of halogens is 3. The molecular weight excluding hydrogens is 227 g/mol. The normalized spacial score (nSPS) is 12.8. The van der Waals surface area contributed by atoms with E-state index in [2.05, 4.69) is 5.32 Å². The van der Waals surface area contributed by atoms with Crippen LogP contribution in [0.4, 0.5) is 13.2 Å². The third kappa shape index (κ3) is 3.73. The van der Waals surface area contributed by atoms with Gasteiger partial charge >= 0.3 is 0 Å². The summed E-state index contributed by atoms with van der Waals surface area (Å²) in [7, 11) is 0. The van der Waals surface area contributed by atoms with Crippen molar-refractivity contribution in [2.45, 2.75) is 39.2 Å². The van der Waals surface area contributed by atoms with E-state index in [4.69, 9.17) is 0 Å². The van der Waals surface area contributed by atoms with Crippen LogP contribution in [-0.2, 0) is 0 Å². The Morgan fingerprint density at radius 1 is 1.06 bits per heavy atom. The standard InChI is InChI=1S/C13H18F3N/c1-3-5-12(17-6-4-2)9-7-10(14)13(16)11(15)8-9/h7-8,12,17H,3-6H2,1-2H3. The molecule has 0 aliphatic carbocycles. The van der Waals surface area contributed by atoms with Crippen molar-refractivity contribution in [1.82, 2.24) is 5.32 Å². The van der Waals surface area contributed by atoms with Crippen LogP contribution in [0, 0.1) is 17.5 Å². The average molecular weight is 245 g/mol. The second-order valence-corrected chi connectivity index (χ2v) is 4.09. The summed E-state index contributed by atoms with van der Waals surface area (Å²) < 4.78 is 39.1. The fourth-order valence-corrected chi connectivity index (χ4v) is 1.77. The Morgan fingerprint density at radius 3 is 2.12 bits per heavy atom. The van der Waals surface area contributed by atoms with E-state index in [-0.39, 0.29) is 6.04 Å². The molecule has 0 amide bonds. The first kappa shape index (κ1) is 14.0. The molecule has 1 N–H and O–H groups in total. The maximum atomic E-state index is 13.1. The zero-order valence-electron chi connectivity index (χ0n) is 10.2. The van der Waals surface area contributed by atoms with E-state index in [0.29, 0.717) is 5.56 Å². The smallest absolute Gasteiger partial charge is 0.194 e. The maximum Gasteiger partial charge on any atom is 0.194 e. The Hall–Kier alpha value is -1.03. The van der Waals surface area contributed by atoms with Crippen LogP contribution in [0.5, 0.6) is 0 Å². The molecule has 0 radical (unpaired) electrons.